The number of carboxylic acids is 1. The summed E-state index contributed by atoms with van der Waals surface area (Å²) in [7, 11) is 0. The molecular formula is C32H20Cl2F4N2O2. The average Bonchev–Trinajstić information content (AvgIpc) is 3.34. The van der Waals surface area contributed by atoms with Gasteiger partial charge in [0.05, 0.1) is 21.8 Å². The Bertz CT molecular complexity index is 1810. The number of imidazole rings is 1. The summed E-state index contributed by atoms with van der Waals surface area (Å²) in [5, 5.41) is 9.97. The lowest BCUT2D eigenvalue weighted by Gasteiger charge is -2.13. The molecule has 0 aliphatic carbocycles. The number of aromatic nitrogens is 2. The molecule has 1 N–H and O–H groups in total. The topological polar surface area (TPSA) is 55.1 Å². The second-order valence-corrected chi connectivity index (χ2v) is 10.2. The highest BCUT2D eigenvalue weighted by Crippen LogP contribution is 2.37. The Hall–Kier alpha value is -4.40. The molecule has 0 aliphatic heterocycles. The van der Waals surface area contributed by atoms with E-state index in [9.17, 15) is 27.5 Å². The summed E-state index contributed by atoms with van der Waals surface area (Å²) >= 11 is 12.4. The van der Waals surface area contributed by atoms with Crippen LogP contribution in [-0.2, 0) is 12.7 Å². The second kappa shape index (κ2) is 11.8. The Balaban J connectivity index is 1.56. The van der Waals surface area contributed by atoms with E-state index in [-0.39, 0.29) is 28.8 Å². The maximum atomic E-state index is 14.3. The molecule has 0 spiro atoms. The van der Waals surface area contributed by atoms with Crippen molar-refractivity contribution >= 4 is 41.3 Å². The molecule has 0 amide bonds. The minimum absolute atomic E-state index is 0.0625. The highest BCUT2D eigenvalue weighted by molar-refractivity contribution is 6.36. The van der Waals surface area contributed by atoms with Crippen molar-refractivity contribution < 1.29 is 27.5 Å². The number of hydrogen-bond donors (Lipinski definition) is 1. The van der Waals surface area contributed by atoms with E-state index in [1.807, 2.05) is 0 Å². The van der Waals surface area contributed by atoms with Crippen LogP contribution in [0.15, 0.2) is 91.1 Å². The SMILES string of the molecule is O=C(O)c1ccc(Cn2cc(-c3ccc(Cl)cc3Cl)nc2/C=C/c2ccc(-c3ccccc3F)cc2C(F)(F)F)cc1. The van der Waals surface area contributed by atoms with Crippen LogP contribution in [0.5, 0.6) is 0 Å². The summed E-state index contributed by atoms with van der Waals surface area (Å²) in [6.45, 7) is 0.246. The Kier molecular flexibility index (Phi) is 8.20. The quantitative estimate of drug-likeness (QED) is 0.187. The lowest BCUT2D eigenvalue weighted by atomic mass is 9.98. The summed E-state index contributed by atoms with van der Waals surface area (Å²) < 4.78 is 58.4. The van der Waals surface area contributed by atoms with Crippen LogP contribution in [0, 0.1) is 5.82 Å². The molecule has 0 aliphatic rings. The molecule has 0 unspecified atom stereocenters. The van der Waals surface area contributed by atoms with E-state index in [0.717, 1.165) is 11.6 Å². The molecule has 42 heavy (non-hydrogen) atoms. The molecule has 5 aromatic rings. The fourth-order valence-corrected chi connectivity index (χ4v) is 4.95. The van der Waals surface area contributed by atoms with Gasteiger partial charge >= 0.3 is 12.1 Å². The first kappa shape index (κ1) is 29.1. The van der Waals surface area contributed by atoms with Crippen molar-refractivity contribution in [3.05, 3.63) is 135 Å². The van der Waals surface area contributed by atoms with Crippen LogP contribution in [0.2, 0.25) is 10.0 Å². The van der Waals surface area contributed by atoms with E-state index in [1.165, 1.54) is 54.6 Å². The Labute approximate surface area is 248 Å². The number of hydrogen-bond acceptors (Lipinski definition) is 2. The van der Waals surface area contributed by atoms with Crippen molar-refractivity contribution in [2.75, 3.05) is 0 Å². The molecule has 0 bridgehead atoms. The minimum atomic E-state index is -4.70. The number of alkyl halides is 3. The summed E-state index contributed by atoms with van der Waals surface area (Å²) in [4.78, 5) is 15.9. The number of aromatic carboxylic acids is 1. The van der Waals surface area contributed by atoms with Gasteiger partial charge in [-0.25, -0.2) is 14.2 Å². The first-order valence-corrected chi connectivity index (χ1v) is 13.2. The maximum absolute atomic E-state index is 14.3. The predicted octanol–water partition coefficient (Wildman–Crippen LogP) is 9.60. The Morgan fingerprint density at radius 3 is 2.31 bits per heavy atom. The van der Waals surface area contributed by atoms with E-state index >= 15 is 0 Å². The van der Waals surface area contributed by atoms with E-state index in [0.29, 0.717) is 27.1 Å². The monoisotopic (exact) mass is 610 g/mol. The molecule has 212 valence electrons. The zero-order valence-corrected chi connectivity index (χ0v) is 23.1. The Morgan fingerprint density at radius 1 is 0.905 bits per heavy atom. The lowest BCUT2D eigenvalue weighted by molar-refractivity contribution is -0.137. The molecule has 5 rings (SSSR count). The average molecular weight is 611 g/mol. The van der Waals surface area contributed by atoms with Crippen molar-refractivity contribution in [1.29, 1.82) is 0 Å². The fourth-order valence-electron chi connectivity index (χ4n) is 4.44. The minimum Gasteiger partial charge on any atom is -0.478 e. The largest absolute Gasteiger partial charge is 0.478 e. The molecule has 0 fully saturated rings. The third-order valence-electron chi connectivity index (χ3n) is 6.52. The molecule has 0 saturated heterocycles. The number of rotatable bonds is 7. The van der Waals surface area contributed by atoms with Crippen LogP contribution in [-0.4, -0.2) is 20.6 Å². The number of benzene rings is 4. The molecule has 0 saturated carbocycles. The number of carbonyl (C=O) groups is 1. The summed E-state index contributed by atoms with van der Waals surface area (Å²) in [6, 6.07) is 20.4. The van der Waals surface area contributed by atoms with Gasteiger partial charge in [0.1, 0.15) is 11.6 Å². The van der Waals surface area contributed by atoms with Crippen molar-refractivity contribution in [1.82, 2.24) is 9.55 Å². The van der Waals surface area contributed by atoms with Crippen molar-refractivity contribution in [2.45, 2.75) is 12.7 Å². The van der Waals surface area contributed by atoms with Crippen molar-refractivity contribution in [2.24, 2.45) is 0 Å². The van der Waals surface area contributed by atoms with E-state index in [4.69, 9.17) is 23.2 Å². The van der Waals surface area contributed by atoms with Gasteiger partial charge in [-0.05, 0) is 65.2 Å². The summed E-state index contributed by atoms with van der Waals surface area (Å²) in [5.41, 5.74) is 1.00. The molecule has 10 heteroatoms. The molecule has 1 aromatic heterocycles. The van der Waals surface area contributed by atoms with E-state index in [1.54, 1.807) is 47.2 Å². The second-order valence-electron chi connectivity index (χ2n) is 9.35. The first-order valence-electron chi connectivity index (χ1n) is 12.5. The van der Waals surface area contributed by atoms with Gasteiger partial charge in [0.25, 0.3) is 0 Å². The molecule has 1 heterocycles. The van der Waals surface area contributed by atoms with Gasteiger partial charge in [0, 0.05) is 28.9 Å². The fraction of sp³-hybridized carbons (Fsp3) is 0.0625. The van der Waals surface area contributed by atoms with Crippen LogP contribution >= 0.6 is 23.2 Å². The van der Waals surface area contributed by atoms with Gasteiger partial charge in [-0.2, -0.15) is 13.2 Å². The molecular weight excluding hydrogens is 591 g/mol. The third-order valence-corrected chi connectivity index (χ3v) is 7.07. The number of carboxylic acid groups (broad SMARTS) is 1. The van der Waals surface area contributed by atoms with Crippen molar-refractivity contribution in [3.63, 3.8) is 0 Å². The normalized spacial score (nSPS) is 11.8. The van der Waals surface area contributed by atoms with Crippen LogP contribution in [0.3, 0.4) is 0 Å². The predicted molar refractivity (Wildman–Crippen MR) is 156 cm³/mol. The standard InChI is InChI=1S/C32H20Cl2F4N2O2/c33-23-12-13-25(27(34)16-23)29-18-40(17-19-5-7-21(8-6-19)31(41)42)30(39-29)14-11-20-9-10-22(15-26(20)32(36,37)38)24-3-1-2-4-28(24)35/h1-16,18H,17H2,(H,41,42)/b14-11+. The molecule has 0 atom stereocenters. The molecule has 4 nitrogen and oxygen atoms in total. The molecule has 0 radical (unpaired) electrons. The Morgan fingerprint density at radius 2 is 1.64 bits per heavy atom. The molecule has 4 aromatic carbocycles. The maximum Gasteiger partial charge on any atom is 0.417 e. The van der Waals surface area contributed by atoms with Gasteiger partial charge in [0.15, 0.2) is 0 Å². The van der Waals surface area contributed by atoms with E-state index < -0.39 is 23.5 Å². The highest BCUT2D eigenvalue weighted by atomic mass is 35.5. The lowest BCUT2D eigenvalue weighted by Crippen LogP contribution is -2.08. The van der Waals surface area contributed by atoms with Crippen LogP contribution in [0.1, 0.15) is 32.9 Å². The van der Waals surface area contributed by atoms with Crippen LogP contribution in [0.4, 0.5) is 17.6 Å². The summed E-state index contributed by atoms with van der Waals surface area (Å²) in [5.74, 6) is -1.36. The highest BCUT2D eigenvalue weighted by Gasteiger charge is 2.33. The van der Waals surface area contributed by atoms with Gasteiger partial charge in [-0.15, -0.1) is 0 Å². The van der Waals surface area contributed by atoms with Gasteiger partial charge in [-0.1, -0.05) is 71.7 Å². The van der Waals surface area contributed by atoms with Crippen LogP contribution in [0.25, 0.3) is 34.5 Å². The van der Waals surface area contributed by atoms with Gasteiger partial charge < -0.3 is 9.67 Å². The summed E-state index contributed by atoms with van der Waals surface area (Å²) in [6.07, 6.45) is -0.254. The smallest absolute Gasteiger partial charge is 0.417 e. The van der Waals surface area contributed by atoms with Gasteiger partial charge in [0.2, 0.25) is 0 Å². The number of halogens is 6. The van der Waals surface area contributed by atoms with Crippen LogP contribution < -0.4 is 0 Å². The zero-order chi connectivity index (χ0) is 30.0. The number of nitrogens with zero attached hydrogens (tertiary/aromatic N) is 2. The van der Waals surface area contributed by atoms with Crippen molar-refractivity contribution in [3.8, 4) is 22.4 Å². The first-order chi connectivity index (χ1) is 20.0. The van der Waals surface area contributed by atoms with Gasteiger partial charge in [-0.3, -0.25) is 0 Å². The third kappa shape index (κ3) is 6.40. The zero-order valence-electron chi connectivity index (χ0n) is 21.5. The van der Waals surface area contributed by atoms with E-state index in [2.05, 4.69) is 4.98 Å².